The highest BCUT2D eigenvalue weighted by Crippen LogP contribution is 2.55. The van der Waals surface area contributed by atoms with E-state index < -0.39 is 0 Å². The van der Waals surface area contributed by atoms with E-state index in [0.29, 0.717) is 0 Å². The third-order valence-corrected chi connectivity index (χ3v) is 7.87. The molecular formula is C23H34N4O. The average molecular weight is 383 g/mol. The first-order chi connectivity index (χ1) is 13.6. The molecule has 4 aliphatic carbocycles. The normalized spacial score (nSPS) is 36.4. The van der Waals surface area contributed by atoms with Gasteiger partial charge in [-0.3, -0.25) is 19.6 Å². The van der Waals surface area contributed by atoms with Crippen molar-refractivity contribution in [1.29, 1.82) is 0 Å². The van der Waals surface area contributed by atoms with Crippen LogP contribution in [0, 0.1) is 17.8 Å². The Morgan fingerprint density at radius 1 is 1.11 bits per heavy atom. The highest BCUT2D eigenvalue weighted by molar-refractivity contribution is 5.82. The van der Waals surface area contributed by atoms with E-state index in [0.717, 1.165) is 56.2 Å². The predicted molar refractivity (Wildman–Crippen MR) is 110 cm³/mol. The first kappa shape index (κ1) is 18.6. The molecule has 1 aromatic rings. The van der Waals surface area contributed by atoms with E-state index in [9.17, 15) is 4.79 Å². The molecule has 6 rings (SSSR count). The molecule has 0 radical (unpaired) electrons. The molecule has 2 heterocycles. The zero-order valence-corrected chi connectivity index (χ0v) is 17.1. The van der Waals surface area contributed by atoms with Gasteiger partial charge in [-0.2, -0.15) is 0 Å². The maximum Gasteiger partial charge on any atom is 0.237 e. The molecule has 5 heteroatoms. The molecule has 1 atom stereocenters. The van der Waals surface area contributed by atoms with Crippen LogP contribution < -0.4 is 5.32 Å². The number of pyridine rings is 1. The van der Waals surface area contributed by atoms with E-state index in [1.165, 1.54) is 38.5 Å². The number of nitrogens with zero attached hydrogens (tertiary/aromatic N) is 3. The number of carbonyl (C=O) groups is 1. The fourth-order valence-corrected chi connectivity index (χ4v) is 6.82. The number of hydrogen-bond acceptors (Lipinski definition) is 4. The highest BCUT2D eigenvalue weighted by Gasteiger charge is 2.51. The molecule has 0 spiro atoms. The molecule has 5 aliphatic rings. The van der Waals surface area contributed by atoms with E-state index in [2.05, 4.69) is 39.2 Å². The van der Waals surface area contributed by atoms with Crippen LogP contribution in [0.1, 0.15) is 51.1 Å². The van der Waals surface area contributed by atoms with Gasteiger partial charge >= 0.3 is 0 Å². The Hall–Kier alpha value is -1.46. The van der Waals surface area contributed by atoms with Gasteiger partial charge in [0.2, 0.25) is 5.91 Å². The summed E-state index contributed by atoms with van der Waals surface area (Å²) in [5.74, 6) is 2.88. The number of carbonyl (C=O) groups excluding carboxylic acids is 1. The van der Waals surface area contributed by atoms with Crippen molar-refractivity contribution in [3.63, 3.8) is 0 Å². The molecule has 5 nitrogen and oxygen atoms in total. The van der Waals surface area contributed by atoms with Crippen LogP contribution in [0.5, 0.6) is 0 Å². The number of hydrogen-bond donors (Lipinski definition) is 1. The topological polar surface area (TPSA) is 48.5 Å². The van der Waals surface area contributed by atoms with Crippen LogP contribution in [-0.2, 0) is 11.3 Å². The SMILES string of the molecule is CC(C(=O)NC12CC3CC(CC(C3)C1)C2)N1CCN(Cc2ccccn2)CC1. The predicted octanol–water partition coefficient (Wildman–Crippen LogP) is 2.67. The molecule has 1 amide bonds. The Kier molecular flexibility index (Phi) is 4.92. The van der Waals surface area contributed by atoms with Crippen molar-refractivity contribution in [2.45, 2.75) is 63.6 Å². The molecule has 4 bridgehead atoms. The average Bonchev–Trinajstić information content (AvgIpc) is 2.67. The van der Waals surface area contributed by atoms with E-state index >= 15 is 0 Å². The highest BCUT2D eigenvalue weighted by atomic mass is 16.2. The Balaban J connectivity index is 1.14. The molecule has 1 unspecified atom stereocenters. The number of amides is 1. The second-order valence-corrected chi connectivity index (χ2v) is 10.00. The minimum absolute atomic E-state index is 0.0231. The van der Waals surface area contributed by atoms with Crippen LogP contribution >= 0.6 is 0 Å². The van der Waals surface area contributed by atoms with Crippen LogP contribution in [-0.4, -0.2) is 58.5 Å². The Morgan fingerprint density at radius 2 is 1.75 bits per heavy atom. The van der Waals surface area contributed by atoms with Crippen LogP contribution in [0.15, 0.2) is 24.4 Å². The number of piperazine rings is 1. The van der Waals surface area contributed by atoms with Gasteiger partial charge in [-0.25, -0.2) is 0 Å². The fraction of sp³-hybridized carbons (Fsp3) is 0.739. The van der Waals surface area contributed by atoms with Crippen LogP contribution in [0.3, 0.4) is 0 Å². The van der Waals surface area contributed by atoms with Crippen LogP contribution in [0.25, 0.3) is 0 Å². The molecule has 5 fully saturated rings. The van der Waals surface area contributed by atoms with Gasteiger partial charge < -0.3 is 5.32 Å². The summed E-state index contributed by atoms with van der Waals surface area (Å²) in [5, 5.41) is 3.57. The molecule has 1 N–H and O–H groups in total. The van der Waals surface area contributed by atoms with Gasteiger partial charge in [0, 0.05) is 44.5 Å². The Labute approximate surface area is 168 Å². The van der Waals surface area contributed by atoms with Crippen molar-refractivity contribution in [1.82, 2.24) is 20.1 Å². The molecule has 4 saturated carbocycles. The Bertz CT molecular complexity index is 663. The second kappa shape index (κ2) is 7.42. The third-order valence-electron chi connectivity index (χ3n) is 7.87. The summed E-state index contributed by atoms with van der Waals surface area (Å²) in [7, 11) is 0. The van der Waals surface area contributed by atoms with Gasteiger partial charge in [0.15, 0.2) is 0 Å². The van der Waals surface area contributed by atoms with Gasteiger partial charge in [0.05, 0.1) is 11.7 Å². The lowest BCUT2D eigenvalue weighted by atomic mass is 9.53. The number of aromatic nitrogens is 1. The van der Waals surface area contributed by atoms with Gasteiger partial charge in [0.25, 0.3) is 0 Å². The monoisotopic (exact) mass is 382 g/mol. The molecule has 1 saturated heterocycles. The molecule has 152 valence electrons. The number of rotatable bonds is 5. The van der Waals surface area contributed by atoms with Crippen molar-refractivity contribution < 1.29 is 4.79 Å². The van der Waals surface area contributed by atoms with E-state index in [1.54, 1.807) is 0 Å². The summed E-state index contributed by atoms with van der Waals surface area (Å²) in [4.78, 5) is 22.4. The standard InChI is InChI=1S/C23H34N4O/c1-17(27-8-6-26(7-9-27)16-21-4-2-3-5-24-21)22(28)25-23-13-18-10-19(14-23)12-20(11-18)15-23/h2-5,17-20H,6-16H2,1H3,(H,25,28). The lowest BCUT2D eigenvalue weighted by molar-refractivity contribution is -0.132. The minimum atomic E-state index is -0.0231. The quantitative estimate of drug-likeness (QED) is 0.851. The van der Waals surface area contributed by atoms with Crippen molar-refractivity contribution in [3.05, 3.63) is 30.1 Å². The maximum absolute atomic E-state index is 13.1. The molecule has 1 aromatic heterocycles. The largest absolute Gasteiger partial charge is 0.349 e. The van der Waals surface area contributed by atoms with Gasteiger partial charge in [-0.15, -0.1) is 0 Å². The lowest BCUT2D eigenvalue weighted by Gasteiger charge is -2.57. The molecule has 0 aromatic carbocycles. The van der Waals surface area contributed by atoms with E-state index in [1.807, 2.05) is 12.3 Å². The van der Waals surface area contributed by atoms with Gasteiger partial charge in [-0.1, -0.05) is 6.07 Å². The fourth-order valence-electron chi connectivity index (χ4n) is 6.82. The summed E-state index contributed by atoms with van der Waals surface area (Å²) >= 11 is 0. The first-order valence-corrected chi connectivity index (χ1v) is 11.3. The van der Waals surface area contributed by atoms with Crippen molar-refractivity contribution in [2.75, 3.05) is 26.2 Å². The van der Waals surface area contributed by atoms with Crippen LogP contribution in [0.2, 0.25) is 0 Å². The van der Waals surface area contributed by atoms with Gasteiger partial charge in [-0.05, 0) is 75.3 Å². The number of nitrogens with one attached hydrogen (secondary N) is 1. The smallest absolute Gasteiger partial charge is 0.237 e. The summed E-state index contributed by atoms with van der Waals surface area (Å²) in [6.45, 7) is 6.94. The Morgan fingerprint density at radius 3 is 2.32 bits per heavy atom. The molecular weight excluding hydrogens is 348 g/mol. The summed E-state index contributed by atoms with van der Waals surface area (Å²) in [6, 6.07) is 6.08. The molecule has 1 aliphatic heterocycles. The minimum Gasteiger partial charge on any atom is -0.349 e. The summed E-state index contributed by atoms with van der Waals surface area (Å²) in [6.07, 6.45) is 9.82. The third kappa shape index (κ3) is 3.71. The van der Waals surface area contributed by atoms with Crippen molar-refractivity contribution >= 4 is 5.91 Å². The summed E-state index contributed by atoms with van der Waals surface area (Å²) < 4.78 is 0. The lowest BCUT2D eigenvalue weighted by Crippen LogP contribution is -2.63. The van der Waals surface area contributed by atoms with Crippen LogP contribution in [0.4, 0.5) is 0 Å². The van der Waals surface area contributed by atoms with Crippen molar-refractivity contribution in [3.8, 4) is 0 Å². The van der Waals surface area contributed by atoms with E-state index in [-0.39, 0.29) is 17.5 Å². The first-order valence-electron chi connectivity index (χ1n) is 11.3. The molecule has 28 heavy (non-hydrogen) atoms. The van der Waals surface area contributed by atoms with Crippen molar-refractivity contribution in [2.24, 2.45) is 17.8 Å². The van der Waals surface area contributed by atoms with E-state index in [4.69, 9.17) is 0 Å². The summed E-state index contributed by atoms with van der Waals surface area (Å²) in [5.41, 5.74) is 1.25. The zero-order valence-electron chi connectivity index (χ0n) is 17.1. The maximum atomic E-state index is 13.1. The second-order valence-electron chi connectivity index (χ2n) is 10.00. The zero-order chi connectivity index (χ0) is 19.1. The van der Waals surface area contributed by atoms with Gasteiger partial charge in [0.1, 0.15) is 0 Å².